The largest absolute Gasteiger partial charge is 2.00 e. The van der Waals surface area contributed by atoms with E-state index in [-0.39, 0.29) is 75.0 Å². The molecule has 0 rings (SSSR count). The average molecular weight is 242 g/mol. The van der Waals surface area contributed by atoms with E-state index in [0.717, 1.165) is 0 Å². The predicted molar refractivity (Wildman–Crippen MR) is 10.7 cm³/mol. The second-order valence-electron chi connectivity index (χ2n) is 0. The molecule has 15 radical (unpaired) electrons. The number of halogens is 2. The van der Waals surface area contributed by atoms with Crippen LogP contribution in [-0.4, -0.2) is 0 Å². The van der Waals surface area contributed by atoms with Crippen molar-refractivity contribution in [3.8, 4) is 0 Å². The standard InChI is InChI=1S/2ClH.5N.Ru/h2*1H;;;;;;/q;;;;;;;+2/p-2. The molecule has 0 N–H and O–H groups in total. The minimum absolute atomic E-state index is 0. The van der Waals surface area contributed by atoms with Crippen LogP contribution in [0.1, 0.15) is 0 Å². The van der Waals surface area contributed by atoms with Crippen molar-refractivity contribution in [1.29, 1.82) is 0 Å². The molecule has 0 spiro atoms. The van der Waals surface area contributed by atoms with Gasteiger partial charge in [0.25, 0.3) is 0 Å². The molecule has 0 aromatic carbocycles. The Bertz CT molecular complexity index is 10.4. The molecule has 0 atom stereocenters. The molecule has 0 bridgehead atoms. The van der Waals surface area contributed by atoms with E-state index >= 15 is 0 Å². The average Bonchev–Trinajstić information content (AvgIpc) is 0. The minimum Gasteiger partial charge on any atom is -1.00 e. The van der Waals surface area contributed by atoms with E-state index in [1.165, 1.54) is 0 Å². The summed E-state index contributed by atoms with van der Waals surface area (Å²) >= 11 is 0. The Kier molecular flexibility index (Phi) is 27900. The van der Waals surface area contributed by atoms with Gasteiger partial charge >= 0.3 is 19.5 Å². The van der Waals surface area contributed by atoms with Gasteiger partial charge in [0.1, 0.15) is 0 Å². The first-order valence-corrected chi connectivity index (χ1v) is 0. The summed E-state index contributed by atoms with van der Waals surface area (Å²) in [6.45, 7) is 0. The summed E-state index contributed by atoms with van der Waals surface area (Å²) in [5.74, 6) is 0. The zero-order valence-corrected chi connectivity index (χ0v) is 6.60. The van der Waals surface area contributed by atoms with Crippen LogP contribution >= 0.6 is 0 Å². The van der Waals surface area contributed by atoms with Crippen LogP contribution in [0, 0.1) is 0 Å². The van der Waals surface area contributed by atoms with Crippen LogP contribution < -0.4 is 55.6 Å². The first-order chi connectivity index (χ1) is 0. The van der Waals surface area contributed by atoms with Crippen molar-refractivity contribution in [3.63, 3.8) is 0 Å². The van der Waals surface area contributed by atoms with Crippen LogP contribution in [0.25, 0.3) is 0 Å². The van der Waals surface area contributed by atoms with Crippen LogP contribution in [0.4, 0.5) is 0 Å². The van der Waals surface area contributed by atoms with Crippen LogP contribution in [0.15, 0.2) is 0 Å². The molecule has 0 saturated carbocycles. The summed E-state index contributed by atoms with van der Waals surface area (Å²) in [5.41, 5.74) is 0. The quantitative estimate of drug-likeness (QED) is 0.370. The van der Waals surface area contributed by atoms with E-state index in [4.69, 9.17) is 0 Å². The van der Waals surface area contributed by atoms with Gasteiger partial charge in [-0.3, -0.25) is 0 Å². The molecule has 0 aliphatic heterocycles. The summed E-state index contributed by atoms with van der Waals surface area (Å²) in [5, 5.41) is 0. The summed E-state index contributed by atoms with van der Waals surface area (Å²) in [4.78, 5) is 0. The van der Waals surface area contributed by atoms with Crippen molar-refractivity contribution in [2.75, 3.05) is 0 Å². The molecule has 47 valence electrons. The Morgan fingerprint density at radius 2 is 0.375 bits per heavy atom. The molecular formula is Cl2N5Ru. The van der Waals surface area contributed by atoms with Crippen molar-refractivity contribution >= 4 is 0 Å². The fourth-order valence-corrected chi connectivity index (χ4v) is 0. The maximum atomic E-state index is 0. The van der Waals surface area contributed by atoms with Gasteiger partial charge in [0, 0.05) is 30.8 Å². The predicted octanol–water partition coefficient (Wildman–Crippen LogP) is -8.40. The van der Waals surface area contributed by atoms with Crippen molar-refractivity contribution in [3.05, 3.63) is 0 Å². The van der Waals surface area contributed by atoms with Crippen molar-refractivity contribution in [2.24, 2.45) is 0 Å². The van der Waals surface area contributed by atoms with Gasteiger partial charge in [0.05, 0.1) is 0 Å². The fraction of sp³-hybridized carbons (Fsp3) is 0. The molecule has 5 nitrogen and oxygen atoms in total. The molecule has 0 amide bonds. The number of hydrogen-bond donors (Lipinski definition) is 0. The first kappa shape index (κ1) is 573. The summed E-state index contributed by atoms with van der Waals surface area (Å²) in [6, 6.07) is 0. The molecule has 0 unspecified atom stereocenters. The van der Waals surface area contributed by atoms with E-state index in [1.807, 2.05) is 0 Å². The SMILES string of the molecule is [Cl-].[Cl-].[N].[N].[N].[N].[N].[Ru+2]. The van der Waals surface area contributed by atoms with Gasteiger partial charge in [-0.2, -0.15) is 0 Å². The second kappa shape index (κ2) is 390. The Balaban J connectivity index is 0. The molecule has 0 aliphatic carbocycles. The zero-order chi connectivity index (χ0) is 0. The second-order valence-corrected chi connectivity index (χ2v) is 0. The smallest absolute Gasteiger partial charge is 1.00 e. The normalized spacial score (nSPS) is 0. The van der Waals surface area contributed by atoms with Crippen molar-refractivity contribution in [1.82, 2.24) is 30.8 Å². The van der Waals surface area contributed by atoms with Gasteiger partial charge in [-0.1, -0.05) is 0 Å². The van der Waals surface area contributed by atoms with Crippen LogP contribution in [0.3, 0.4) is 0 Å². The molecule has 0 aliphatic rings. The maximum Gasteiger partial charge on any atom is 2.00 e. The van der Waals surface area contributed by atoms with Crippen LogP contribution in [-0.2, 0) is 19.5 Å². The van der Waals surface area contributed by atoms with Gasteiger partial charge in [-0.25, -0.2) is 0 Å². The third-order valence-corrected chi connectivity index (χ3v) is 0. The van der Waals surface area contributed by atoms with Gasteiger partial charge in [-0.15, -0.1) is 0 Å². The van der Waals surface area contributed by atoms with Crippen molar-refractivity contribution < 1.29 is 44.3 Å². The van der Waals surface area contributed by atoms with Crippen molar-refractivity contribution in [2.45, 2.75) is 0 Å². The molecule has 0 fully saturated rings. The Morgan fingerprint density at radius 1 is 0.375 bits per heavy atom. The van der Waals surface area contributed by atoms with Gasteiger partial charge < -0.3 is 24.8 Å². The Hall–Kier alpha value is 1.00. The van der Waals surface area contributed by atoms with E-state index in [1.54, 1.807) is 0 Å². The molecule has 0 aromatic heterocycles. The number of rotatable bonds is 0. The maximum absolute atomic E-state index is 0. The number of nitrogens with zero attached hydrogens (tertiary/aromatic N) is 5. The summed E-state index contributed by atoms with van der Waals surface area (Å²) in [7, 11) is 0. The van der Waals surface area contributed by atoms with E-state index < -0.39 is 0 Å². The zero-order valence-electron chi connectivity index (χ0n) is 3.35. The monoisotopic (exact) mass is 242 g/mol. The van der Waals surface area contributed by atoms with Crippen LogP contribution in [0.2, 0.25) is 0 Å². The fourth-order valence-electron chi connectivity index (χ4n) is 0. The molecule has 0 heterocycles. The molecule has 0 aromatic rings. The molecule has 8 heteroatoms. The molecule has 8 heavy (non-hydrogen) atoms. The van der Waals surface area contributed by atoms with E-state index in [2.05, 4.69) is 0 Å². The Labute approximate surface area is 75.2 Å². The first-order valence-electron chi connectivity index (χ1n) is 0. The van der Waals surface area contributed by atoms with E-state index in [9.17, 15) is 0 Å². The van der Waals surface area contributed by atoms with Gasteiger partial charge in [0.2, 0.25) is 0 Å². The van der Waals surface area contributed by atoms with Gasteiger partial charge in [0.15, 0.2) is 0 Å². The van der Waals surface area contributed by atoms with Gasteiger partial charge in [-0.05, 0) is 0 Å². The van der Waals surface area contributed by atoms with Crippen LogP contribution in [0.5, 0.6) is 0 Å². The van der Waals surface area contributed by atoms with E-state index in [0.29, 0.717) is 0 Å². The summed E-state index contributed by atoms with van der Waals surface area (Å²) in [6.07, 6.45) is 0. The minimum atomic E-state index is 0. The molecular weight excluding hydrogens is 242 g/mol. The third kappa shape index (κ3) is 251. The summed E-state index contributed by atoms with van der Waals surface area (Å²) < 4.78 is 0. The molecule has 0 saturated heterocycles. The topological polar surface area (TPSA) is 152 Å². The third-order valence-electron chi connectivity index (χ3n) is 0. The number of hydrogen-bond acceptors (Lipinski definition) is 0. The Morgan fingerprint density at radius 3 is 0.375 bits per heavy atom.